The van der Waals surface area contributed by atoms with Crippen molar-refractivity contribution in [1.82, 2.24) is 0 Å². The van der Waals surface area contributed by atoms with E-state index in [0.717, 1.165) is 28.6 Å². The third-order valence-electron chi connectivity index (χ3n) is 2.30. The van der Waals surface area contributed by atoms with Crippen LogP contribution in [0.15, 0.2) is 28.7 Å². The zero-order valence-corrected chi connectivity index (χ0v) is 8.12. The van der Waals surface area contributed by atoms with Crippen LogP contribution in [0.4, 0.5) is 0 Å². The van der Waals surface area contributed by atoms with E-state index in [-0.39, 0.29) is 0 Å². The van der Waals surface area contributed by atoms with Crippen molar-refractivity contribution >= 4 is 17.3 Å². The number of fused-ring (bicyclic) bond motifs is 1. The van der Waals surface area contributed by atoms with Gasteiger partial charge in [-0.1, -0.05) is 18.2 Å². The highest BCUT2D eigenvalue weighted by Gasteiger charge is 2.04. The third-order valence-corrected chi connectivity index (χ3v) is 2.30. The lowest BCUT2D eigenvalue weighted by Crippen LogP contribution is -1.80. The zero-order valence-electron chi connectivity index (χ0n) is 8.12. The second kappa shape index (κ2) is 3.66. The quantitative estimate of drug-likeness (QED) is 0.693. The molecule has 0 unspecified atom stereocenters. The number of carbonyl (C=O) groups excluding carboxylic acids is 1. The van der Waals surface area contributed by atoms with Gasteiger partial charge in [0.1, 0.15) is 17.6 Å². The summed E-state index contributed by atoms with van der Waals surface area (Å²) in [6, 6.07) is 8.06. The maximum Gasteiger partial charge on any atom is 0.137 e. The Morgan fingerprint density at radius 2 is 2.29 bits per heavy atom. The number of furan rings is 1. The predicted molar refractivity (Wildman–Crippen MR) is 55.3 cm³/mol. The van der Waals surface area contributed by atoms with Crippen LogP contribution in [-0.2, 0) is 11.2 Å². The maximum atomic E-state index is 10.2. The van der Waals surface area contributed by atoms with Crippen molar-refractivity contribution in [2.24, 2.45) is 0 Å². The summed E-state index contributed by atoms with van der Waals surface area (Å²) in [6.45, 7) is 2.02. The lowest BCUT2D eigenvalue weighted by atomic mass is 10.2. The Morgan fingerprint density at radius 1 is 1.43 bits per heavy atom. The number of aryl methyl sites for hydroxylation is 2. The van der Waals surface area contributed by atoms with Crippen LogP contribution in [0, 0.1) is 6.92 Å². The topological polar surface area (TPSA) is 30.2 Å². The molecule has 0 amide bonds. The number of hydrogen-bond acceptors (Lipinski definition) is 2. The number of benzene rings is 1. The molecule has 0 radical (unpaired) electrons. The smallest absolute Gasteiger partial charge is 0.137 e. The molecule has 0 atom stereocenters. The SMILES string of the molecule is Cc1cccc2cc(CCC=O)oc12. The van der Waals surface area contributed by atoms with Crippen molar-refractivity contribution in [3.8, 4) is 0 Å². The Kier molecular flexibility index (Phi) is 2.35. The van der Waals surface area contributed by atoms with Crippen LogP contribution < -0.4 is 0 Å². The Labute approximate surface area is 82.5 Å². The van der Waals surface area contributed by atoms with Gasteiger partial charge in [-0.15, -0.1) is 0 Å². The second-order valence-corrected chi connectivity index (χ2v) is 3.41. The minimum absolute atomic E-state index is 0.527. The van der Waals surface area contributed by atoms with E-state index < -0.39 is 0 Å². The van der Waals surface area contributed by atoms with Crippen LogP contribution in [0.5, 0.6) is 0 Å². The monoisotopic (exact) mass is 188 g/mol. The molecule has 1 aromatic carbocycles. The second-order valence-electron chi connectivity index (χ2n) is 3.41. The maximum absolute atomic E-state index is 10.2. The van der Waals surface area contributed by atoms with Crippen LogP contribution in [0.1, 0.15) is 17.7 Å². The molecule has 1 aromatic heterocycles. The van der Waals surface area contributed by atoms with Gasteiger partial charge in [0.15, 0.2) is 0 Å². The van der Waals surface area contributed by atoms with Gasteiger partial charge in [-0.3, -0.25) is 0 Å². The third kappa shape index (κ3) is 1.55. The molecule has 0 fully saturated rings. The summed E-state index contributed by atoms with van der Waals surface area (Å²) in [4.78, 5) is 10.2. The van der Waals surface area contributed by atoms with E-state index in [0.29, 0.717) is 12.8 Å². The summed E-state index contributed by atoms with van der Waals surface area (Å²) in [5.41, 5.74) is 2.08. The Hall–Kier alpha value is -1.57. The summed E-state index contributed by atoms with van der Waals surface area (Å²) in [6.07, 6.45) is 2.14. The molecule has 0 aliphatic heterocycles. The fraction of sp³-hybridized carbons (Fsp3) is 0.250. The summed E-state index contributed by atoms with van der Waals surface area (Å²) in [7, 11) is 0. The Balaban J connectivity index is 2.41. The standard InChI is InChI=1S/C12H12O2/c1-9-4-2-5-10-8-11(6-3-7-13)14-12(9)10/h2,4-5,7-8H,3,6H2,1H3. The molecule has 0 aliphatic carbocycles. The molecule has 0 N–H and O–H groups in total. The molecule has 14 heavy (non-hydrogen) atoms. The van der Waals surface area contributed by atoms with Gasteiger partial charge in [-0.05, 0) is 18.6 Å². The minimum atomic E-state index is 0.527. The molecular weight excluding hydrogens is 176 g/mol. The van der Waals surface area contributed by atoms with Crippen molar-refractivity contribution in [3.05, 3.63) is 35.6 Å². The Bertz CT molecular complexity index is 454. The van der Waals surface area contributed by atoms with E-state index in [1.54, 1.807) is 0 Å². The van der Waals surface area contributed by atoms with Gasteiger partial charge >= 0.3 is 0 Å². The van der Waals surface area contributed by atoms with Gasteiger partial charge in [0, 0.05) is 18.2 Å². The molecular formula is C12H12O2. The molecule has 2 nitrogen and oxygen atoms in total. The number of rotatable bonds is 3. The van der Waals surface area contributed by atoms with Crippen molar-refractivity contribution in [3.63, 3.8) is 0 Å². The molecule has 1 heterocycles. The first kappa shape index (κ1) is 9.00. The predicted octanol–water partition coefficient (Wildman–Crippen LogP) is 2.87. The van der Waals surface area contributed by atoms with Gasteiger partial charge in [-0.2, -0.15) is 0 Å². The van der Waals surface area contributed by atoms with Crippen LogP contribution in [0.3, 0.4) is 0 Å². The van der Waals surface area contributed by atoms with E-state index in [1.807, 2.05) is 31.2 Å². The fourth-order valence-electron chi connectivity index (χ4n) is 1.59. The lowest BCUT2D eigenvalue weighted by Gasteiger charge is -1.92. The van der Waals surface area contributed by atoms with Gasteiger partial charge in [0.2, 0.25) is 0 Å². The van der Waals surface area contributed by atoms with Crippen LogP contribution in [0.25, 0.3) is 11.0 Å². The van der Waals surface area contributed by atoms with Gasteiger partial charge in [0.05, 0.1) is 0 Å². The van der Waals surface area contributed by atoms with E-state index in [9.17, 15) is 4.79 Å². The molecule has 2 aromatic rings. The molecule has 2 rings (SSSR count). The summed E-state index contributed by atoms with van der Waals surface area (Å²) in [5, 5.41) is 1.12. The highest BCUT2D eigenvalue weighted by Crippen LogP contribution is 2.22. The van der Waals surface area contributed by atoms with E-state index in [2.05, 4.69) is 0 Å². The number of hydrogen-bond donors (Lipinski definition) is 0. The van der Waals surface area contributed by atoms with Crippen LogP contribution in [-0.4, -0.2) is 6.29 Å². The molecule has 2 heteroatoms. The van der Waals surface area contributed by atoms with E-state index in [1.165, 1.54) is 0 Å². The first-order valence-electron chi connectivity index (χ1n) is 4.73. The first-order chi connectivity index (χ1) is 6.81. The van der Waals surface area contributed by atoms with E-state index >= 15 is 0 Å². The molecule has 72 valence electrons. The highest BCUT2D eigenvalue weighted by atomic mass is 16.3. The average Bonchev–Trinajstić information content (AvgIpc) is 2.59. The number of aldehydes is 1. The van der Waals surface area contributed by atoms with Gasteiger partial charge in [-0.25, -0.2) is 0 Å². The number of carbonyl (C=O) groups is 1. The summed E-state index contributed by atoms with van der Waals surface area (Å²) < 4.78 is 5.64. The minimum Gasteiger partial charge on any atom is -0.461 e. The normalized spacial score (nSPS) is 10.6. The largest absolute Gasteiger partial charge is 0.461 e. The summed E-state index contributed by atoms with van der Waals surface area (Å²) >= 11 is 0. The van der Waals surface area contributed by atoms with Crippen molar-refractivity contribution in [2.75, 3.05) is 0 Å². The zero-order chi connectivity index (χ0) is 9.97. The van der Waals surface area contributed by atoms with Crippen molar-refractivity contribution < 1.29 is 9.21 Å². The van der Waals surface area contributed by atoms with Gasteiger partial charge < -0.3 is 9.21 Å². The summed E-state index contributed by atoms with van der Waals surface area (Å²) in [5.74, 6) is 0.890. The highest BCUT2D eigenvalue weighted by molar-refractivity contribution is 5.80. The fourth-order valence-corrected chi connectivity index (χ4v) is 1.59. The molecule has 0 saturated carbocycles. The van der Waals surface area contributed by atoms with Crippen LogP contribution in [0.2, 0.25) is 0 Å². The van der Waals surface area contributed by atoms with E-state index in [4.69, 9.17) is 4.42 Å². The Morgan fingerprint density at radius 3 is 3.00 bits per heavy atom. The molecule has 0 spiro atoms. The number of para-hydroxylation sites is 1. The lowest BCUT2D eigenvalue weighted by molar-refractivity contribution is -0.107. The molecule has 0 saturated heterocycles. The van der Waals surface area contributed by atoms with Crippen molar-refractivity contribution in [1.29, 1.82) is 0 Å². The molecule has 0 bridgehead atoms. The molecule has 0 aliphatic rings. The van der Waals surface area contributed by atoms with Crippen molar-refractivity contribution in [2.45, 2.75) is 19.8 Å². The average molecular weight is 188 g/mol. The van der Waals surface area contributed by atoms with Gasteiger partial charge in [0.25, 0.3) is 0 Å². The first-order valence-corrected chi connectivity index (χ1v) is 4.73. The van der Waals surface area contributed by atoms with Crippen LogP contribution >= 0.6 is 0 Å².